The van der Waals surface area contributed by atoms with Crippen molar-refractivity contribution in [2.24, 2.45) is 0 Å². The highest BCUT2D eigenvalue weighted by molar-refractivity contribution is 7.17. The van der Waals surface area contributed by atoms with Crippen molar-refractivity contribution in [2.45, 2.75) is 25.7 Å². The molecule has 2 heterocycles. The first kappa shape index (κ1) is 17.9. The second-order valence-corrected chi connectivity index (χ2v) is 7.60. The maximum Gasteiger partial charge on any atom is 0.220 e. The van der Waals surface area contributed by atoms with Crippen LogP contribution in [0, 0.1) is 0 Å². The van der Waals surface area contributed by atoms with Crippen LogP contribution in [0.1, 0.15) is 24.0 Å². The smallest absolute Gasteiger partial charge is 0.220 e. The first-order chi connectivity index (χ1) is 13.3. The highest BCUT2D eigenvalue weighted by atomic mass is 32.1. The number of hydrogen-bond acceptors (Lipinski definition) is 4. The predicted octanol–water partition coefficient (Wildman–Crippen LogP) is 4.35. The van der Waals surface area contributed by atoms with Crippen LogP contribution in [0.25, 0.3) is 10.1 Å². The van der Waals surface area contributed by atoms with Crippen molar-refractivity contribution in [3.8, 4) is 11.5 Å². The molecule has 1 aliphatic rings. The van der Waals surface area contributed by atoms with Crippen LogP contribution in [0.5, 0.6) is 11.5 Å². The van der Waals surface area contributed by atoms with Crippen molar-refractivity contribution in [2.75, 3.05) is 19.8 Å². The molecule has 0 saturated heterocycles. The molecule has 0 radical (unpaired) electrons. The lowest BCUT2D eigenvalue weighted by Crippen LogP contribution is -2.25. The van der Waals surface area contributed by atoms with E-state index in [2.05, 4.69) is 35.0 Å². The van der Waals surface area contributed by atoms with Crippen LogP contribution in [-0.4, -0.2) is 25.7 Å². The zero-order valence-corrected chi connectivity index (χ0v) is 16.0. The molecule has 0 fully saturated rings. The topological polar surface area (TPSA) is 47.6 Å². The number of ether oxygens (including phenoxy) is 2. The summed E-state index contributed by atoms with van der Waals surface area (Å²) < 4.78 is 12.7. The predicted molar refractivity (Wildman–Crippen MR) is 109 cm³/mol. The summed E-state index contributed by atoms with van der Waals surface area (Å²) in [7, 11) is 0. The van der Waals surface area contributed by atoms with Gasteiger partial charge in [0.1, 0.15) is 0 Å². The lowest BCUT2D eigenvalue weighted by molar-refractivity contribution is -0.121. The fourth-order valence-electron chi connectivity index (χ4n) is 3.27. The number of carbonyl (C=O) groups is 1. The molecule has 4 nitrogen and oxygen atoms in total. The van der Waals surface area contributed by atoms with Gasteiger partial charge >= 0.3 is 0 Å². The maximum atomic E-state index is 12.2. The van der Waals surface area contributed by atoms with Gasteiger partial charge in [0, 0.05) is 24.1 Å². The lowest BCUT2D eigenvalue weighted by atomic mass is 10.1. The quantitative estimate of drug-likeness (QED) is 0.690. The summed E-state index contributed by atoms with van der Waals surface area (Å²) in [4.78, 5) is 12.2. The summed E-state index contributed by atoms with van der Waals surface area (Å²) in [5.74, 6) is 1.67. The fraction of sp³-hybridized carbons (Fsp3) is 0.318. The van der Waals surface area contributed by atoms with Gasteiger partial charge in [-0.05, 0) is 52.9 Å². The Kier molecular flexibility index (Phi) is 5.58. The molecule has 3 aromatic rings. The highest BCUT2D eigenvalue weighted by Gasteiger charge is 2.11. The minimum absolute atomic E-state index is 0.0849. The number of amides is 1. The first-order valence-corrected chi connectivity index (χ1v) is 10.3. The number of rotatable bonds is 6. The number of benzene rings is 2. The van der Waals surface area contributed by atoms with Gasteiger partial charge in [0.2, 0.25) is 5.91 Å². The van der Waals surface area contributed by atoms with Gasteiger partial charge in [0.15, 0.2) is 11.5 Å². The molecule has 1 aromatic heterocycles. The fourth-order valence-corrected chi connectivity index (χ4v) is 4.27. The van der Waals surface area contributed by atoms with E-state index in [4.69, 9.17) is 9.47 Å². The molecular formula is C22H23NO3S. The van der Waals surface area contributed by atoms with Crippen LogP contribution in [0.15, 0.2) is 47.8 Å². The van der Waals surface area contributed by atoms with Crippen LogP contribution >= 0.6 is 11.3 Å². The Labute approximate surface area is 163 Å². The second kappa shape index (κ2) is 8.44. The third kappa shape index (κ3) is 4.42. The standard InChI is InChI=1S/C22H23NO3S/c24-22(23-11-10-17-15-27-21-5-2-1-4-18(17)21)9-7-16-6-8-19-20(14-16)26-13-3-12-25-19/h1-2,4-6,8,14-15H,3,7,9-13H2,(H,23,24). The van der Waals surface area contributed by atoms with E-state index in [1.54, 1.807) is 11.3 Å². The van der Waals surface area contributed by atoms with E-state index in [1.807, 2.05) is 18.2 Å². The van der Waals surface area contributed by atoms with Crippen molar-refractivity contribution in [3.63, 3.8) is 0 Å². The Balaban J connectivity index is 1.26. The Morgan fingerprint density at radius 2 is 1.89 bits per heavy atom. The largest absolute Gasteiger partial charge is 0.490 e. The molecule has 0 spiro atoms. The van der Waals surface area contributed by atoms with Gasteiger partial charge in [0.05, 0.1) is 13.2 Å². The first-order valence-electron chi connectivity index (χ1n) is 9.40. The van der Waals surface area contributed by atoms with Crippen LogP contribution in [0.2, 0.25) is 0 Å². The number of carbonyl (C=O) groups excluding carboxylic acids is 1. The molecule has 0 atom stereocenters. The molecular weight excluding hydrogens is 358 g/mol. The second-order valence-electron chi connectivity index (χ2n) is 6.69. The minimum Gasteiger partial charge on any atom is -0.490 e. The average Bonchev–Trinajstić information content (AvgIpc) is 2.95. The normalized spacial score (nSPS) is 13.3. The lowest BCUT2D eigenvalue weighted by Gasteiger charge is -2.09. The van der Waals surface area contributed by atoms with Crippen LogP contribution in [0.4, 0.5) is 0 Å². The summed E-state index contributed by atoms with van der Waals surface area (Å²) in [6, 6.07) is 14.3. The number of fused-ring (bicyclic) bond motifs is 2. The number of aryl methyl sites for hydroxylation is 1. The zero-order valence-electron chi connectivity index (χ0n) is 15.2. The van der Waals surface area contributed by atoms with Crippen molar-refractivity contribution in [1.29, 1.82) is 0 Å². The molecule has 140 valence electrons. The van der Waals surface area contributed by atoms with Crippen molar-refractivity contribution < 1.29 is 14.3 Å². The Morgan fingerprint density at radius 1 is 1.04 bits per heavy atom. The Morgan fingerprint density at radius 3 is 2.81 bits per heavy atom. The number of nitrogens with one attached hydrogen (secondary N) is 1. The third-order valence-corrected chi connectivity index (χ3v) is 5.74. The van der Waals surface area contributed by atoms with Gasteiger partial charge in [0.25, 0.3) is 0 Å². The Bertz CT molecular complexity index is 934. The van der Waals surface area contributed by atoms with E-state index in [1.165, 1.54) is 15.6 Å². The molecule has 5 heteroatoms. The molecule has 0 saturated carbocycles. The molecule has 27 heavy (non-hydrogen) atoms. The van der Waals surface area contributed by atoms with Crippen LogP contribution in [0.3, 0.4) is 0 Å². The monoisotopic (exact) mass is 381 g/mol. The molecule has 1 aliphatic heterocycles. The number of hydrogen-bond donors (Lipinski definition) is 1. The third-order valence-electron chi connectivity index (χ3n) is 4.73. The van der Waals surface area contributed by atoms with E-state index in [-0.39, 0.29) is 5.91 Å². The molecule has 0 bridgehead atoms. The van der Waals surface area contributed by atoms with Gasteiger partial charge in [-0.3, -0.25) is 4.79 Å². The van der Waals surface area contributed by atoms with Crippen molar-refractivity contribution in [1.82, 2.24) is 5.32 Å². The SMILES string of the molecule is O=C(CCc1ccc2c(c1)OCCCO2)NCCc1csc2ccccc12. The Hall–Kier alpha value is -2.53. The van der Waals surface area contributed by atoms with Crippen molar-refractivity contribution >= 4 is 27.3 Å². The summed E-state index contributed by atoms with van der Waals surface area (Å²) >= 11 is 1.76. The molecule has 4 rings (SSSR count). The molecule has 0 unspecified atom stereocenters. The number of thiophene rings is 1. The summed E-state index contributed by atoms with van der Waals surface area (Å²) in [6.07, 6.45) is 2.93. The van der Waals surface area contributed by atoms with Crippen LogP contribution < -0.4 is 14.8 Å². The van der Waals surface area contributed by atoms with Gasteiger partial charge in [-0.25, -0.2) is 0 Å². The van der Waals surface area contributed by atoms with Gasteiger partial charge < -0.3 is 14.8 Å². The minimum atomic E-state index is 0.0849. The summed E-state index contributed by atoms with van der Waals surface area (Å²) in [5.41, 5.74) is 2.40. The maximum absolute atomic E-state index is 12.2. The molecule has 1 N–H and O–H groups in total. The zero-order chi connectivity index (χ0) is 18.5. The summed E-state index contributed by atoms with van der Waals surface area (Å²) in [6.45, 7) is 2.03. The van der Waals surface area contributed by atoms with Crippen molar-refractivity contribution in [3.05, 3.63) is 59.0 Å². The molecule has 1 amide bonds. The van der Waals surface area contributed by atoms with E-state index in [0.717, 1.165) is 29.9 Å². The van der Waals surface area contributed by atoms with Gasteiger partial charge in [-0.15, -0.1) is 11.3 Å². The highest BCUT2D eigenvalue weighted by Crippen LogP contribution is 2.30. The average molecular weight is 381 g/mol. The van der Waals surface area contributed by atoms with E-state index in [9.17, 15) is 4.79 Å². The molecule has 0 aliphatic carbocycles. The molecule has 2 aromatic carbocycles. The van der Waals surface area contributed by atoms with Gasteiger partial charge in [-0.2, -0.15) is 0 Å². The van der Waals surface area contributed by atoms with E-state index >= 15 is 0 Å². The summed E-state index contributed by atoms with van der Waals surface area (Å²) in [5, 5.41) is 6.52. The van der Waals surface area contributed by atoms with Crippen LogP contribution in [-0.2, 0) is 17.6 Å². The van der Waals surface area contributed by atoms with E-state index in [0.29, 0.717) is 32.6 Å². The van der Waals surface area contributed by atoms with Gasteiger partial charge in [-0.1, -0.05) is 24.3 Å². The van der Waals surface area contributed by atoms with E-state index < -0.39 is 0 Å².